The number of aryl methyl sites for hydroxylation is 1. The van der Waals surface area contributed by atoms with E-state index in [9.17, 15) is 14.4 Å². The predicted octanol–water partition coefficient (Wildman–Crippen LogP) is 6.03. The van der Waals surface area contributed by atoms with E-state index in [2.05, 4.69) is 31.1 Å². The lowest BCUT2D eigenvalue weighted by atomic mass is 9.78. The van der Waals surface area contributed by atoms with Crippen molar-refractivity contribution < 1.29 is 23.5 Å². The number of nitrogen functional groups attached to an aromatic ring is 1. The van der Waals surface area contributed by atoms with Gasteiger partial charge >= 0.3 is 12.1 Å². The Labute approximate surface area is 288 Å². The first-order chi connectivity index (χ1) is 22.9. The molecule has 2 heterocycles. The number of nitrogens with two attached hydrogens (primary N) is 1. The molecule has 0 radical (unpaired) electrons. The van der Waals surface area contributed by atoms with Gasteiger partial charge in [-0.15, -0.1) is 5.10 Å². The van der Waals surface area contributed by atoms with Gasteiger partial charge < -0.3 is 35.8 Å². The van der Waals surface area contributed by atoms with Gasteiger partial charge in [-0.05, 0) is 47.9 Å². The largest absolute Gasteiger partial charge is 0.445 e. The maximum Gasteiger partial charge on any atom is 0.408 e. The molecule has 0 saturated carbocycles. The minimum Gasteiger partial charge on any atom is -0.445 e. The van der Waals surface area contributed by atoms with Gasteiger partial charge in [-0.3, -0.25) is 9.59 Å². The number of hydrogen-bond donors (Lipinski definition) is 5. The number of nitrogens with zero attached hydrogens (tertiary/aromatic N) is 2. The van der Waals surface area contributed by atoms with E-state index >= 15 is 0 Å². The molecule has 4 aromatic rings. The molecule has 48 heavy (non-hydrogen) atoms. The smallest absolute Gasteiger partial charge is 0.408 e. The van der Waals surface area contributed by atoms with Crippen LogP contribution < -0.4 is 21.7 Å². The van der Waals surface area contributed by atoms with Gasteiger partial charge in [-0.25, -0.2) is 4.79 Å². The molecule has 0 spiro atoms. The summed E-state index contributed by atoms with van der Waals surface area (Å²) in [5.74, 6) is -1.19. The second-order valence-electron chi connectivity index (χ2n) is 12.5. The third kappa shape index (κ3) is 7.55. The maximum atomic E-state index is 14.6. The molecule has 5 rings (SSSR count). The Balaban J connectivity index is 1.47. The molecule has 5 atom stereocenters. The summed E-state index contributed by atoms with van der Waals surface area (Å²) in [4.78, 5) is 45.2. The molecule has 0 aliphatic heterocycles. The number of halogens is 2. The highest BCUT2D eigenvalue weighted by Crippen LogP contribution is 2.39. The first kappa shape index (κ1) is 35.0. The van der Waals surface area contributed by atoms with Gasteiger partial charge in [0, 0.05) is 22.5 Å². The summed E-state index contributed by atoms with van der Waals surface area (Å²) in [6.45, 7) is 7.74. The first-order valence-electron chi connectivity index (χ1n) is 16.1. The molecule has 12 nitrogen and oxygen atoms in total. The van der Waals surface area contributed by atoms with Crippen molar-refractivity contribution in [2.75, 3.05) is 5.73 Å². The van der Waals surface area contributed by atoms with Crippen LogP contribution in [0.2, 0.25) is 10.0 Å². The summed E-state index contributed by atoms with van der Waals surface area (Å²) in [5, 5.41) is 18.4. The number of ether oxygens (including phenoxy) is 1. The zero-order valence-electron chi connectivity index (χ0n) is 27.4. The van der Waals surface area contributed by atoms with Crippen LogP contribution in [0.4, 0.5) is 10.8 Å². The number of alkyl carbamates (subject to hydrolysis) is 1. The molecule has 3 amide bonds. The standard InChI is InChI=1S/C34H41Cl2N7O5/c1-5-18(3)26(40-33(46)47-17-20-10-8-7-9-11-20)29(44)41-34(31(45)39-27(19(4)6-2)30-42-43-32(37)48-30)13-12-25-23(16-34)22-14-21(35)15-24(36)28(22)38-25/h7-11,14-15,18-19,26-27,38H,5-6,12-13,16-17H2,1-4H3,(H2,37,43)(H,39,45)(H,40,46)(H,41,44)/t18?,19?,26?,27?,34-/m1/s1. The summed E-state index contributed by atoms with van der Waals surface area (Å²) in [7, 11) is 0. The van der Waals surface area contributed by atoms with Crippen LogP contribution in [0.25, 0.3) is 10.9 Å². The summed E-state index contributed by atoms with van der Waals surface area (Å²) < 4.78 is 11.0. The van der Waals surface area contributed by atoms with Crippen LogP contribution >= 0.6 is 23.2 Å². The van der Waals surface area contributed by atoms with Gasteiger partial charge in [0.15, 0.2) is 0 Å². The van der Waals surface area contributed by atoms with Crippen LogP contribution in [0.5, 0.6) is 0 Å². The summed E-state index contributed by atoms with van der Waals surface area (Å²) in [6, 6.07) is 10.9. The van der Waals surface area contributed by atoms with Gasteiger partial charge in [0.05, 0.1) is 10.5 Å². The molecule has 6 N–H and O–H groups in total. The molecule has 14 heteroatoms. The van der Waals surface area contributed by atoms with Gasteiger partial charge in [0.1, 0.15) is 24.2 Å². The number of aromatic nitrogens is 3. The Morgan fingerprint density at radius 3 is 2.46 bits per heavy atom. The highest BCUT2D eigenvalue weighted by atomic mass is 35.5. The number of anilines is 1. The second kappa shape index (κ2) is 14.9. The molecule has 0 saturated heterocycles. The number of carbonyl (C=O) groups is 3. The van der Waals surface area contributed by atoms with E-state index in [1.165, 1.54) is 0 Å². The maximum absolute atomic E-state index is 14.6. The number of amides is 3. The van der Waals surface area contributed by atoms with Gasteiger partial charge in [-0.2, -0.15) is 0 Å². The average Bonchev–Trinajstić information content (AvgIpc) is 3.67. The second-order valence-corrected chi connectivity index (χ2v) is 13.4. The van der Waals surface area contributed by atoms with E-state index in [1.54, 1.807) is 12.1 Å². The molecule has 256 valence electrons. The van der Waals surface area contributed by atoms with E-state index in [1.807, 2.05) is 58.0 Å². The van der Waals surface area contributed by atoms with Crippen molar-refractivity contribution >= 4 is 58.0 Å². The fraction of sp³-hybridized carbons (Fsp3) is 0.441. The normalized spacial score (nSPS) is 18.3. The number of hydrogen-bond acceptors (Lipinski definition) is 8. The summed E-state index contributed by atoms with van der Waals surface area (Å²) >= 11 is 12.9. The van der Waals surface area contributed by atoms with Crippen LogP contribution in [0, 0.1) is 11.8 Å². The lowest BCUT2D eigenvalue weighted by Gasteiger charge is -2.39. The number of nitrogens with one attached hydrogen (secondary N) is 4. The molecule has 1 aliphatic rings. The summed E-state index contributed by atoms with van der Waals surface area (Å²) in [6.07, 6.45) is 1.32. The quantitative estimate of drug-likeness (QED) is 0.119. The third-order valence-corrected chi connectivity index (χ3v) is 9.82. The molecule has 0 bridgehead atoms. The van der Waals surface area contributed by atoms with E-state index < -0.39 is 35.5 Å². The Kier molecular flexibility index (Phi) is 10.8. The number of aromatic amines is 1. The molecule has 1 aliphatic carbocycles. The van der Waals surface area contributed by atoms with E-state index in [0.29, 0.717) is 34.8 Å². The van der Waals surface area contributed by atoms with Crippen molar-refractivity contribution in [3.05, 3.63) is 75.2 Å². The van der Waals surface area contributed by atoms with Crippen molar-refractivity contribution in [2.24, 2.45) is 11.8 Å². The van der Waals surface area contributed by atoms with Crippen molar-refractivity contribution in [3.63, 3.8) is 0 Å². The van der Waals surface area contributed by atoms with Gasteiger partial charge in [0.25, 0.3) is 0 Å². The number of carbonyl (C=O) groups excluding carboxylic acids is 3. The molecule has 4 unspecified atom stereocenters. The highest BCUT2D eigenvalue weighted by molar-refractivity contribution is 6.38. The first-order valence-corrected chi connectivity index (χ1v) is 16.9. The van der Waals surface area contributed by atoms with E-state index in [-0.39, 0.29) is 43.2 Å². The monoisotopic (exact) mass is 697 g/mol. The third-order valence-electron chi connectivity index (χ3n) is 9.30. The zero-order valence-corrected chi connectivity index (χ0v) is 28.9. The zero-order chi connectivity index (χ0) is 34.6. The van der Waals surface area contributed by atoms with Crippen molar-refractivity contribution in [3.8, 4) is 0 Å². The molecule has 2 aromatic heterocycles. The van der Waals surface area contributed by atoms with Crippen molar-refractivity contribution in [1.82, 2.24) is 31.1 Å². The van der Waals surface area contributed by atoms with E-state index in [4.69, 9.17) is 38.1 Å². The fourth-order valence-corrected chi connectivity index (χ4v) is 6.61. The van der Waals surface area contributed by atoms with Crippen LogP contribution in [-0.4, -0.2) is 44.7 Å². The van der Waals surface area contributed by atoms with Crippen LogP contribution in [0.15, 0.2) is 46.9 Å². The minimum absolute atomic E-state index is 0.0412. The Morgan fingerprint density at radius 2 is 1.79 bits per heavy atom. The van der Waals surface area contributed by atoms with Gasteiger partial charge in [-0.1, -0.05) is 99.2 Å². The Hall–Kier alpha value is -4.29. The van der Waals surface area contributed by atoms with Crippen LogP contribution in [0.3, 0.4) is 0 Å². The lowest BCUT2D eigenvalue weighted by Crippen LogP contribution is -2.65. The summed E-state index contributed by atoms with van der Waals surface area (Å²) in [5.41, 5.74) is 7.52. The van der Waals surface area contributed by atoms with Crippen molar-refractivity contribution in [2.45, 2.75) is 84.0 Å². The molecule has 0 fully saturated rings. The highest BCUT2D eigenvalue weighted by Gasteiger charge is 2.47. The Morgan fingerprint density at radius 1 is 1.06 bits per heavy atom. The Bertz CT molecular complexity index is 1780. The number of H-pyrrole nitrogens is 1. The molecular formula is C34H41Cl2N7O5. The lowest BCUT2D eigenvalue weighted by molar-refractivity contribution is -0.136. The van der Waals surface area contributed by atoms with E-state index in [0.717, 1.165) is 22.2 Å². The minimum atomic E-state index is -1.44. The fourth-order valence-electron chi connectivity index (χ4n) is 6.07. The van der Waals surface area contributed by atoms with Gasteiger partial charge in [0.2, 0.25) is 17.7 Å². The van der Waals surface area contributed by atoms with Crippen LogP contribution in [-0.2, 0) is 33.8 Å². The van der Waals surface area contributed by atoms with Crippen LogP contribution in [0.1, 0.15) is 75.7 Å². The number of rotatable bonds is 12. The number of benzene rings is 2. The topological polar surface area (TPSA) is 177 Å². The molecule has 2 aromatic carbocycles. The molecular weight excluding hydrogens is 657 g/mol. The number of fused-ring (bicyclic) bond motifs is 3. The van der Waals surface area contributed by atoms with Crippen molar-refractivity contribution in [1.29, 1.82) is 0 Å². The SMILES string of the molecule is CCC(C)C(NC(=O)OCc1ccccc1)C(=O)N[C@]1(C(=O)NC(c2nnc(N)o2)C(C)CC)CCc2[nH]c3c(Cl)cc(Cl)cc3c2C1. The predicted molar refractivity (Wildman–Crippen MR) is 183 cm³/mol. The average molecular weight is 699 g/mol.